The van der Waals surface area contributed by atoms with Crippen molar-refractivity contribution in [1.82, 2.24) is 0 Å². The van der Waals surface area contributed by atoms with Crippen LogP contribution in [0.1, 0.15) is 27.7 Å². The average molecular weight is 476 g/mol. The number of aliphatic hydroxyl groups excluding tert-OH is 4. The number of carbonyl (C=O) groups is 4. The van der Waals surface area contributed by atoms with E-state index in [1.807, 2.05) is 0 Å². The zero-order valence-electron chi connectivity index (χ0n) is 14.1. The monoisotopic (exact) mass is 476 g/mol. The molecule has 26 heavy (non-hydrogen) atoms. The Labute approximate surface area is 169 Å². The molecule has 0 heterocycles. The van der Waals surface area contributed by atoms with Crippen molar-refractivity contribution in [2.45, 2.75) is 52.1 Å². The summed E-state index contributed by atoms with van der Waals surface area (Å²) in [4.78, 5) is 37.6. The van der Waals surface area contributed by atoms with Crippen molar-refractivity contribution in [2.75, 3.05) is 0 Å². The molecule has 0 aliphatic carbocycles. The summed E-state index contributed by atoms with van der Waals surface area (Å²) in [7, 11) is 0. The molecule has 2 radical (unpaired) electrons. The van der Waals surface area contributed by atoms with Gasteiger partial charge in [-0.05, 0) is 27.7 Å². The summed E-state index contributed by atoms with van der Waals surface area (Å²) in [5.74, 6) is -5.24. The summed E-state index contributed by atoms with van der Waals surface area (Å²) >= 11 is 0. The molecule has 160 valence electrons. The quantitative estimate of drug-likeness (QED) is 0.224. The fourth-order valence-corrected chi connectivity index (χ4v) is 0. The van der Waals surface area contributed by atoms with Crippen molar-refractivity contribution in [3.63, 3.8) is 0 Å². The molecule has 0 aliphatic rings. The van der Waals surface area contributed by atoms with Crippen LogP contribution in [0.3, 0.4) is 0 Å². The third kappa shape index (κ3) is 49.5. The van der Waals surface area contributed by atoms with E-state index in [1.165, 1.54) is 13.8 Å². The van der Waals surface area contributed by atoms with E-state index >= 15 is 0 Å². The zero-order chi connectivity index (χ0) is 20.6. The van der Waals surface area contributed by atoms with Crippen molar-refractivity contribution in [2.24, 2.45) is 0 Å². The molecule has 0 aromatic heterocycles. The van der Waals surface area contributed by atoms with E-state index < -0.39 is 48.3 Å². The Morgan fingerprint density at radius 3 is 0.692 bits per heavy atom. The molecule has 0 aromatic rings. The minimum atomic E-state index is -1.44. The Morgan fingerprint density at radius 1 is 0.615 bits per heavy atom. The van der Waals surface area contributed by atoms with E-state index in [0.717, 1.165) is 13.8 Å². The van der Waals surface area contributed by atoms with E-state index in [0.29, 0.717) is 0 Å². The zero-order valence-corrected chi connectivity index (χ0v) is 16.2. The van der Waals surface area contributed by atoms with Gasteiger partial charge in [-0.1, -0.05) is 0 Å². The van der Waals surface area contributed by atoms with Crippen molar-refractivity contribution >= 4 is 23.9 Å². The van der Waals surface area contributed by atoms with Gasteiger partial charge in [-0.2, -0.15) is 0 Å². The van der Waals surface area contributed by atoms with Gasteiger partial charge in [-0.15, -0.1) is 0 Å². The maximum absolute atomic E-state index is 9.45. The molecule has 0 bridgehead atoms. The van der Waals surface area contributed by atoms with Gasteiger partial charge in [0.25, 0.3) is 0 Å². The second kappa shape index (κ2) is 23.7. The first-order valence-electron chi connectivity index (χ1n) is 6.17. The van der Waals surface area contributed by atoms with Crippen LogP contribution in [0.4, 0.5) is 0 Å². The summed E-state index contributed by atoms with van der Waals surface area (Å²) < 4.78 is 0. The first kappa shape index (κ1) is 39.7. The number of carboxylic acids is 4. The molecule has 0 aliphatic heterocycles. The Kier molecular flexibility index (Phi) is 36.2. The summed E-state index contributed by atoms with van der Waals surface area (Å²) in [5.41, 5.74) is 0. The third-order valence-corrected chi connectivity index (χ3v) is 1.40. The predicted molar refractivity (Wildman–Crippen MR) is 72.0 cm³/mol. The predicted octanol–water partition coefficient (Wildman–Crippen LogP) is -4.87. The Hall–Kier alpha value is -1.27. The topological polar surface area (TPSA) is 236 Å². The molecule has 0 amide bonds. The van der Waals surface area contributed by atoms with Gasteiger partial charge in [0.1, 0.15) is 12.2 Å². The largest absolute Gasteiger partial charge is 2.00 e. The van der Waals surface area contributed by atoms with Gasteiger partial charge in [0, 0.05) is 16.8 Å². The standard InChI is InChI=1S/4C3H6O3.2Co/c4*1-2(4)3(5)6;;/h4*2,4H,1H3,(H,5,6);;/q;;;;;+2/p-2. The normalized spacial score (nSPS) is 12.6. The second-order valence-corrected chi connectivity index (χ2v) is 4.02. The summed E-state index contributed by atoms with van der Waals surface area (Å²) in [5, 5.41) is 66.2. The minimum Gasteiger partial charge on any atom is -0.547 e. The van der Waals surface area contributed by atoms with Gasteiger partial charge in [-0.3, -0.25) is 0 Å². The van der Waals surface area contributed by atoms with E-state index in [9.17, 15) is 29.4 Å². The smallest absolute Gasteiger partial charge is 0.547 e. The van der Waals surface area contributed by atoms with Gasteiger partial charge in [0.2, 0.25) is 0 Å². The molecule has 6 N–H and O–H groups in total. The fraction of sp³-hybridized carbons (Fsp3) is 0.667. The molecular weight excluding hydrogens is 454 g/mol. The maximum atomic E-state index is 9.45. The van der Waals surface area contributed by atoms with Crippen LogP contribution in [0.5, 0.6) is 0 Å². The summed E-state index contributed by atoms with van der Waals surface area (Å²) in [6.07, 6.45) is -5.15. The van der Waals surface area contributed by atoms with Crippen molar-refractivity contribution in [1.29, 1.82) is 0 Å². The number of hydrogen-bond donors (Lipinski definition) is 6. The second-order valence-electron chi connectivity index (χ2n) is 4.02. The van der Waals surface area contributed by atoms with Crippen LogP contribution in [0.2, 0.25) is 0 Å². The Bertz CT molecular complexity index is 310. The number of rotatable bonds is 4. The van der Waals surface area contributed by atoms with Crippen molar-refractivity contribution in [3.8, 4) is 0 Å². The van der Waals surface area contributed by atoms with Crippen LogP contribution < -0.4 is 10.2 Å². The van der Waals surface area contributed by atoms with Crippen molar-refractivity contribution in [3.05, 3.63) is 0 Å². The van der Waals surface area contributed by atoms with Crippen LogP contribution in [0.15, 0.2) is 0 Å². The molecular formula is C12H22Co2O12. The number of aliphatic hydroxyl groups is 4. The van der Waals surface area contributed by atoms with E-state index in [2.05, 4.69) is 0 Å². The maximum Gasteiger partial charge on any atom is 2.00 e. The fourth-order valence-electron chi connectivity index (χ4n) is 0. The van der Waals surface area contributed by atoms with Gasteiger partial charge in [0.15, 0.2) is 0 Å². The number of carboxylic acid groups (broad SMARTS) is 4. The first-order valence-corrected chi connectivity index (χ1v) is 6.17. The van der Waals surface area contributed by atoms with E-state index in [4.69, 9.17) is 30.6 Å². The average Bonchev–Trinajstić information content (AvgIpc) is 2.40. The van der Waals surface area contributed by atoms with Gasteiger partial charge in [0.05, 0.1) is 24.1 Å². The van der Waals surface area contributed by atoms with E-state index in [1.54, 1.807) is 0 Å². The first-order chi connectivity index (χ1) is 10.6. The number of aliphatic carboxylic acids is 4. The minimum absolute atomic E-state index is 0. The molecule has 4 unspecified atom stereocenters. The van der Waals surface area contributed by atoms with Gasteiger partial charge in [-0.25, -0.2) is 9.59 Å². The van der Waals surface area contributed by atoms with Crippen LogP contribution in [0.25, 0.3) is 0 Å². The Morgan fingerprint density at radius 2 is 0.692 bits per heavy atom. The van der Waals surface area contributed by atoms with Crippen LogP contribution >= 0.6 is 0 Å². The molecule has 12 nitrogen and oxygen atoms in total. The molecule has 0 rings (SSSR count). The number of carbonyl (C=O) groups excluding carboxylic acids is 2. The van der Waals surface area contributed by atoms with Crippen LogP contribution in [-0.2, 0) is 52.7 Å². The van der Waals surface area contributed by atoms with Gasteiger partial charge < -0.3 is 50.4 Å². The summed E-state index contributed by atoms with van der Waals surface area (Å²) in [6.45, 7) is 4.66. The van der Waals surface area contributed by atoms with Gasteiger partial charge >= 0.3 is 28.7 Å². The SMILES string of the molecule is CC(O)C(=O)O.CC(O)C(=O)O.CC(O)C(=O)[O-].CC(O)C(=O)[O-].[Co+2].[Co]. The van der Waals surface area contributed by atoms with Crippen molar-refractivity contribution < 1.29 is 93.6 Å². The molecule has 0 fully saturated rings. The molecule has 0 saturated heterocycles. The molecule has 14 heteroatoms. The third-order valence-electron chi connectivity index (χ3n) is 1.40. The molecule has 0 aromatic carbocycles. The molecule has 0 saturated carbocycles. The van der Waals surface area contributed by atoms with E-state index in [-0.39, 0.29) is 33.6 Å². The molecule has 0 spiro atoms. The van der Waals surface area contributed by atoms with Crippen LogP contribution in [0, 0.1) is 0 Å². The number of hydrogen-bond acceptors (Lipinski definition) is 10. The Balaban J connectivity index is -0.0000000500. The van der Waals surface area contributed by atoms with Crippen LogP contribution in [-0.4, -0.2) is 78.9 Å². The summed E-state index contributed by atoms with van der Waals surface area (Å²) in [6, 6.07) is 0. The molecule has 4 atom stereocenters.